The highest BCUT2D eigenvalue weighted by Gasteiger charge is 2.11. The standard InChI is InChI=1S/C13H23N3S/c1-11-10-17-13(15-11)12(2)14-6-5-9-16-7-3-4-8-16/h10,12,14H,3-9H2,1-2H3. The number of likely N-dealkylation sites (tertiary alicyclic amines) is 1. The summed E-state index contributed by atoms with van der Waals surface area (Å²) in [5.41, 5.74) is 1.13. The van der Waals surface area contributed by atoms with Crippen LogP contribution in [0.5, 0.6) is 0 Å². The van der Waals surface area contributed by atoms with Crippen molar-refractivity contribution in [2.75, 3.05) is 26.2 Å². The zero-order valence-corrected chi connectivity index (χ0v) is 11.7. The molecule has 1 atom stereocenters. The molecule has 2 rings (SSSR count). The van der Waals surface area contributed by atoms with Crippen molar-refractivity contribution in [1.29, 1.82) is 0 Å². The fraction of sp³-hybridized carbons (Fsp3) is 0.769. The Labute approximate surface area is 108 Å². The number of hydrogen-bond donors (Lipinski definition) is 1. The molecule has 0 saturated carbocycles. The first-order valence-electron chi connectivity index (χ1n) is 6.63. The second-order valence-corrected chi connectivity index (χ2v) is 5.79. The number of thiazole rings is 1. The van der Waals surface area contributed by atoms with E-state index in [1.807, 2.05) is 0 Å². The summed E-state index contributed by atoms with van der Waals surface area (Å²) in [6.45, 7) is 9.21. The monoisotopic (exact) mass is 253 g/mol. The second kappa shape index (κ2) is 6.47. The minimum absolute atomic E-state index is 0.396. The maximum atomic E-state index is 4.51. The fourth-order valence-corrected chi connectivity index (χ4v) is 3.11. The van der Waals surface area contributed by atoms with Crippen LogP contribution in [-0.4, -0.2) is 36.1 Å². The summed E-state index contributed by atoms with van der Waals surface area (Å²) in [6, 6.07) is 0.396. The van der Waals surface area contributed by atoms with Crippen LogP contribution in [0.1, 0.15) is 42.9 Å². The van der Waals surface area contributed by atoms with Crippen LogP contribution in [0.25, 0.3) is 0 Å². The molecule has 1 fully saturated rings. The first kappa shape index (κ1) is 13.0. The number of nitrogens with zero attached hydrogens (tertiary/aromatic N) is 2. The minimum atomic E-state index is 0.396. The van der Waals surface area contributed by atoms with E-state index in [1.165, 1.54) is 43.9 Å². The van der Waals surface area contributed by atoms with Crippen LogP contribution in [-0.2, 0) is 0 Å². The number of nitrogens with one attached hydrogen (secondary N) is 1. The van der Waals surface area contributed by atoms with Crippen molar-refractivity contribution in [3.63, 3.8) is 0 Å². The number of aromatic nitrogens is 1. The third-order valence-corrected chi connectivity index (χ3v) is 4.45. The zero-order chi connectivity index (χ0) is 12.1. The van der Waals surface area contributed by atoms with Gasteiger partial charge in [0.1, 0.15) is 5.01 Å². The summed E-state index contributed by atoms with van der Waals surface area (Å²) in [5.74, 6) is 0. The topological polar surface area (TPSA) is 28.2 Å². The Hall–Kier alpha value is -0.450. The molecule has 4 heteroatoms. The van der Waals surface area contributed by atoms with Crippen molar-refractivity contribution >= 4 is 11.3 Å². The van der Waals surface area contributed by atoms with Gasteiger partial charge in [0.15, 0.2) is 0 Å². The second-order valence-electron chi connectivity index (χ2n) is 4.91. The van der Waals surface area contributed by atoms with Crippen LogP contribution in [0.2, 0.25) is 0 Å². The summed E-state index contributed by atoms with van der Waals surface area (Å²) in [7, 11) is 0. The minimum Gasteiger partial charge on any atom is -0.308 e. The largest absolute Gasteiger partial charge is 0.308 e. The third kappa shape index (κ3) is 4.05. The van der Waals surface area contributed by atoms with Crippen molar-refractivity contribution in [1.82, 2.24) is 15.2 Å². The van der Waals surface area contributed by atoms with Gasteiger partial charge in [0, 0.05) is 11.1 Å². The maximum Gasteiger partial charge on any atom is 0.110 e. The molecule has 0 aliphatic carbocycles. The lowest BCUT2D eigenvalue weighted by Gasteiger charge is -2.16. The molecule has 0 bridgehead atoms. The van der Waals surface area contributed by atoms with Crippen LogP contribution in [0.4, 0.5) is 0 Å². The first-order valence-corrected chi connectivity index (χ1v) is 7.51. The molecule has 1 aromatic rings. The number of hydrogen-bond acceptors (Lipinski definition) is 4. The highest BCUT2D eigenvalue weighted by molar-refractivity contribution is 7.09. The van der Waals surface area contributed by atoms with Gasteiger partial charge in [-0.3, -0.25) is 0 Å². The van der Waals surface area contributed by atoms with E-state index in [1.54, 1.807) is 11.3 Å². The molecule has 1 N–H and O–H groups in total. The quantitative estimate of drug-likeness (QED) is 0.790. The van der Waals surface area contributed by atoms with E-state index in [0.717, 1.165) is 12.2 Å². The van der Waals surface area contributed by atoms with Gasteiger partial charge in [-0.05, 0) is 59.3 Å². The van der Waals surface area contributed by atoms with Crippen molar-refractivity contribution < 1.29 is 0 Å². The Bertz CT molecular complexity index is 331. The fourth-order valence-electron chi connectivity index (χ4n) is 2.29. The van der Waals surface area contributed by atoms with Crippen LogP contribution in [0.3, 0.4) is 0 Å². The van der Waals surface area contributed by atoms with Gasteiger partial charge >= 0.3 is 0 Å². The van der Waals surface area contributed by atoms with Gasteiger partial charge in [-0.25, -0.2) is 4.98 Å². The van der Waals surface area contributed by atoms with E-state index >= 15 is 0 Å². The lowest BCUT2D eigenvalue weighted by molar-refractivity contribution is 0.328. The Morgan fingerprint density at radius 2 is 2.24 bits per heavy atom. The van der Waals surface area contributed by atoms with Gasteiger partial charge in [-0.1, -0.05) is 0 Å². The van der Waals surface area contributed by atoms with Gasteiger partial charge < -0.3 is 10.2 Å². The molecule has 1 aliphatic rings. The summed E-state index contributed by atoms with van der Waals surface area (Å²) in [6.07, 6.45) is 4.03. The predicted molar refractivity (Wildman–Crippen MR) is 73.6 cm³/mol. The van der Waals surface area contributed by atoms with Gasteiger partial charge in [-0.15, -0.1) is 11.3 Å². The molecule has 2 heterocycles. The summed E-state index contributed by atoms with van der Waals surface area (Å²) in [5, 5.41) is 6.89. The molecule has 1 aliphatic heterocycles. The lowest BCUT2D eigenvalue weighted by Crippen LogP contribution is -2.26. The average molecular weight is 253 g/mol. The zero-order valence-electron chi connectivity index (χ0n) is 10.9. The lowest BCUT2D eigenvalue weighted by atomic mass is 10.3. The third-order valence-electron chi connectivity index (χ3n) is 3.31. The molecular weight excluding hydrogens is 230 g/mol. The molecule has 0 radical (unpaired) electrons. The summed E-state index contributed by atoms with van der Waals surface area (Å²) in [4.78, 5) is 7.08. The molecule has 1 aromatic heterocycles. The van der Waals surface area contributed by atoms with E-state index in [9.17, 15) is 0 Å². The number of aryl methyl sites for hydroxylation is 1. The molecule has 0 aromatic carbocycles. The van der Waals surface area contributed by atoms with Crippen molar-refractivity contribution in [2.45, 2.75) is 39.2 Å². The van der Waals surface area contributed by atoms with E-state index < -0.39 is 0 Å². The Balaban J connectivity index is 1.61. The van der Waals surface area contributed by atoms with E-state index in [-0.39, 0.29) is 0 Å². The van der Waals surface area contributed by atoms with Crippen LogP contribution >= 0.6 is 11.3 Å². The van der Waals surface area contributed by atoms with E-state index in [4.69, 9.17) is 0 Å². The molecule has 96 valence electrons. The van der Waals surface area contributed by atoms with Crippen LogP contribution in [0.15, 0.2) is 5.38 Å². The van der Waals surface area contributed by atoms with Crippen molar-refractivity contribution in [2.24, 2.45) is 0 Å². The summed E-state index contributed by atoms with van der Waals surface area (Å²) < 4.78 is 0. The maximum absolute atomic E-state index is 4.51. The van der Waals surface area contributed by atoms with E-state index in [0.29, 0.717) is 6.04 Å². The highest BCUT2D eigenvalue weighted by Crippen LogP contribution is 2.17. The normalized spacial score (nSPS) is 18.7. The molecule has 0 amide bonds. The number of rotatable bonds is 6. The van der Waals surface area contributed by atoms with Crippen LogP contribution in [0, 0.1) is 6.92 Å². The molecule has 3 nitrogen and oxygen atoms in total. The molecule has 1 unspecified atom stereocenters. The van der Waals surface area contributed by atoms with Crippen molar-refractivity contribution in [3.8, 4) is 0 Å². The average Bonchev–Trinajstić information content (AvgIpc) is 2.95. The van der Waals surface area contributed by atoms with Gasteiger partial charge in [0.2, 0.25) is 0 Å². The van der Waals surface area contributed by atoms with Gasteiger partial charge in [0.25, 0.3) is 0 Å². The summed E-state index contributed by atoms with van der Waals surface area (Å²) >= 11 is 1.76. The van der Waals surface area contributed by atoms with Gasteiger partial charge in [0.05, 0.1) is 6.04 Å². The Morgan fingerprint density at radius 3 is 2.88 bits per heavy atom. The first-order chi connectivity index (χ1) is 8.25. The van der Waals surface area contributed by atoms with Crippen LogP contribution < -0.4 is 5.32 Å². The predicted octanol–water partition coefficient (Wildman–Crippen LogP) is 2.59. The smallest absolute Gasteiger partial charge is 0.110 e. The van der Waals surface area contributed by atoms with Gasteiger partial charge in [-0.2, -0.15) is 0 Å². The SMILES string of the molecule is Cc1csc(C(C)NCCCN2CCCC2)n1. The van der Waals surface area contributed by atoms with E-state index in [2.05, 4.69) is 34.4 Å². The van der Waals surface area contributed by atoms with Crippen molar-refractivity contribution in [3.05, 3.63) is 16.1 Å². The Morgan fingerprint density at radius 1 is 1.47 bits per heavy atom. The molecular formula is C13H23N3S. The molecule has 0 spiro atoms. The highest BCUT2D eigenvalue weighted by atomic mass is 32.1. The molecule has 1 saturated heterocycles. The molecule has 17 heavy (non-hydrogen) atoms. The Kier molecular flexibility index (Phi) is 4.95.